The van der Waals surface area contributed by atoms with E-state index in [1.807, 2.05) is 42.5 Å². The fourth-order valence-electron chi connectivity index (χ4n) is 3.34. The Bertz CT molecular complexity index is 1300. The zero-order valence-corrected chi connectivity index (χ0v) is 16.8. The van der Waals surface area contributed by atoms with Gasteiger partial charge in [-0.25, -0.2) is 9.37 Å². The molecule has 2 N–H and O–H groups in total. The second kappa shape index (κ2) is 8.64. The summed E-state index contributed by atoms with van der Waals surface area (Å²) in [6.07, 6.45) is 5.05. The number of pyridine rings is 1. The number of halogens is 1. The quantitative estimate of drug-likeness (QED) is 0.352. The Hall–Kier alpha value is -4.24. The summed E-state index contributed by atoms with van der Waals surface area (Å²) in [5, 5.41) is 13.2. The molecule has 5 nitrogen and oxygen atoms in total. The molecule has 1 amide bonds. The van der Waals surface area contributed by atoms with Gasteiger partial charge in [0.05, 0.1) is 6.04 Å². The Morgan fingerprint density at radius 2 is 1.90 bits per heavy atom. The highest BCUT2D eigenvalue weighted by Gasteiger charge is 2.15. The topological polar surface area (TPSA) is 81.6 Å². The van der Waals surface area contributed by atoms with Gasteiger partial charge in [0.1, 0.15) is 23.1 Å². The minimum atomic E-state index is -0.499. The molecule has 0 fully saturated rings. The minimum absolute atomic E-state index is 0.0278. The van der Waals surface area contributed by atoms with Crippen LogP contribution in [0.3, 0.4) is 0 Å². The van der Waals surface area contributed by atoms with Crippen molar-refractivity contribution >= 4 is 23.0 Å². The van der Waals surface area contributed by atoms with Crippen LogP contribution in [0.15, 0.2) is 78.6 Å². The normalized spacial score (nSPS) is 12.4. The Kier molecular flexibility index (Phi) is 5.59. The van der Waals surface area contributed by atoms with Gasteiger partial charge in [0.25, 0.3) is 5.91 Å². The Labute approximate surface area is 178 Å². The summed E-state index contributed by atoms with van der Waals surface area (Å²) in [6.45, 7) is 1.78. The highest BCUT2D eigenvalue weighted by atomic mass is 19.1. The zero-order chi connectivity index (χ0) is 21.8. The number of aromatic amines is 1. The van der Waals surface area contributed by atoms with Crippen molar-refractivity contribution in [2.24, 2.45) is 0 Å². The van der Waals surface area contributed by atoms with Crippen molar-refractivity contribution in [3.63, 3.8) is 0 Å². The number of rotatable bonds is 5. The third-order valence-electron chi connectivity index (χ3n) is 5.05. The first-order chi connectivity index (χ1) is 15.0. The third kappa shape index (κ3) is 4.36. The molecule has 0 bridgehead atoms. The van der Waals surface area contributed by atoms with Crippen LogP contribution in [0.2, 0.25) is 0 Å². The second-order valence-electron chi connectivity index (χ2n) is 7.15. The van der Waals surface area contributed by atoms with Crippen molar-refractivity contribution in [1.29, 1.82) is 5.26 Å². The molecule has 0 aliphatic rings. The van der Waals surface area contributed by atoms with E-state index in [1.165, 1.54) is 12.1 Å². The van der Waals surface area contributed by atoms with Crippen LogP contribution in [0.25, 0.3) is 28.2 Å². The number of fused-ring (bicyclic) bond motifs is 1. The van der Waals surface area contributed by atoms with Crippen molar-refractivity contribution < 1.29 is 9.18 Å². The zero-order valence-electron chi connectivity index (χ0n) is 16.8. The van der Waals surface area contributed by atoms with E-state index in [4.69, 9.17) is 0 Å². The van der Waals surface area contributed by atoms with Crippen LogP contribution in [0, 0.1) is 17.1 Å². The number of nitriles is 1. The first-order valence-electron chi connectivity index (χ1n) is 9.76. The first-order valence-corrected chi connectivity index (χ1v) is 9.76. The van der Waals surface area contributed by atoms with Crippen LogP contribution in [-0.2, 0) is 4.79 Å². The van der Waals surface area contributed by atoms with Gasteiger partial charge in [0.2, 0.25) is 0 Å². The Morgan fingerprint density at radius 1 is 1.16 bits per heavy atom. The van der Waals surface area contributed by atoms with E-state index in [-0.39, 0.29) is 17.4 Å². The predicted molar refractivity (Wildman–Crippen MR) is 118 cm³/mol. The maximum absolute atomic E-state index is 13.1. The molecule has 6 heteroatoms. The predicted octanol–water partition coefficient (Wildman–Crippen LogP) is 5.15. The number of aromatic nitrogens is 2. The van der Waals surface area contributed by atoms with E-state index in [9.17, 15) is 14.4 Å². The lowest BCUT2D eigenvalue weighted by Gasteiger charge is -2.13. The fraction of sp³-hybridized carbons (Fsp3) is 0.0800. The van der Waals surface area contributed by atoms with Gasteiger partial charge in [-0.2, -0.15) is 5.26 Å². The van der Waals surface area contributed by atoms with E-state index >= 15 is 0 Å². The summed E-state index contributed by atoms with van der Waals surface area (Å²) in [7, 11) is 0. The highest BCUT2D eigenvalue weighted by Crippen LogP contribution is 2.26. The Balaban J connectivity index is 1.61. The summed E-state index contributed by atoms with van der Waals surface area (Å²) in [6, 6.07) is 19.3. The van der Waals surface area contributed by atoms with Crippen LogP contribution in [0.5, 0.6) is 0 Å². The van der Waals surface area contributed by atoms with Crippen LogP contribution < -0.4 is 5.32 Å². The van der Waals surface area contributed by atoms with Crippen molar-refractivity contribution in [3.8, 4) is 17.2 Å². The summed E-state index contributed by atoms with van der Waals surface area (Å²) in [4.78, 5) is 20.2. The number of hydrogen-bond acceptors (Lipinski definition) is 3. The average Bonchev–Trinajstić information content (AvgIpc) is 3.20. The van der Waals surface area contributed by atoms with Gasteiger partial charge in [-0.1, -0.05) is 42.5 Å². The second-order valence-corrected chi connectivity index (χ2v) is 7.15. The first kappa shape index (κ1) is 20.0. The number of carbonyl (C=O) groups is 1. The third-order valence-corrected chi connectivity index (χ3v) is 5.05. The van der Waals surface area contributed by atoms with Crippen molar-refractivity contribution in [3.05, 3.63) is 95.6 Å². The highest BCUT2D eigenvalue weighted by molar-refractivity contribution is 6.04. The van der Waals surface area contributed by atoms with E-state index in [0.717, 1.165) is 22.1 Å². The molecular weight excluding hydrogens is 391 g/mol. The van der Waals surface area contributed by atoms with Crippen LogP contribution in [-0.4, -0.2) is 15.9 Å². The van der Waals surface area contributed by atoms with Gasteiger partial charge in [-0.3, -0.25) is 4.79 Å². The number of nitrogens with zero attached hydrogens (tertiary/aromatic N) is 2. The summed E-state index contributed by atoms with van der Waals surface area (Å²) >= 11 is 0. The lowest BCUT2D eigenvalue weighted by molar-refractivity contribution is -0.117. The Morgan fingerprint density at radius 3 is 2.61 bits per heavy atom. The van der Waals surface area contributed by atoms with Crippen molar-refractivity contribution in [2.45, 2.75) is 13.0 Å². The lowest BCUT2D eigenvalue weighted by atomic mass is 10.0. The summed E-state index contributed by atoms with van der Waals surface area (Å²) in [5.74, 6) is -0.844. The minimum Gasteiger partial charge on any atom is -0.346 e. The van der Waals surface area contributed by atoms with E-state index in [0.29, 0.717) is 11.2 Å². The molecule has 1 atom stereocenters. The number of benzene rings is 2. The van der Waals surface area contributed by atoms with Gasteiger partial charge in [-0.15, -0.1) is 0 Å². The molecule has 0 spiro atoms. The number of nitrogens with one attached hydrogen (secondary N) is 2. The fourth-order valence-corrected chi connectivity index (χ4v) is 3.34. The van der Waals surface area contributed by atoms with Crippen molar-refractivity contribution in [2.75, 3.05) is 0 Å². The largest absolute Gasteiger partial charge is 0.346 e. The number of carbonyl (C=O) groups excluding carboxylic acids is 1. The van der Waals surface area contributed by atoms with Gasteiger partial charge in [0, 0.05) is 28.9 Å². The van der Waals surface area contributed by atoms with Gasteiger partial charge >= 0.3 is 0 Å². The molecule has 31 heavy (non-hydrogen) atoms. The van der Waals surface area contributed by atoms with Crippen molar-refractivity contribution in [1.82, 2.24) is 15.3 Å². The summed E-state index contributed by atoms with van der Waals surface area (Å²) < 4.78 is 13.1. The molecule has 0 unspecified atom stereocenters. The lowest BCUT2D eigenvalue weighted by Crippen LogP contribution is -2.27. The van der Waals surface area contributed by atoms with E-state index in [2.05, 4.69) is 15.3 Å². The van der Waals surface area contributed by atoms with Gasteiger partial charge in [-0.05, 0) is 42.3 Å². The standard InChI is InChI=1S/C25H19FN4O/c1-16(17-7-9-22(26)10-8-17)30-25(31)19(13-27)11-21-15-29-24-23(21)12-20(14-28-24)18-5-3-2-4-6-18/h2-12,14-16H,1H3,(H,28,29)(H,30,31)/b19-11+/t16-/m1/s1. The molecule has 4 aromatic rings. The summed E-state index contributed by atoms with van der Waals surface area (Å²) in [5.41, 5.74) is 4.05. The molecule has 0 saturated carbocycles. The molecule has 2 aromatic heterocycles. The van der Waals surface area contributed by atoms with Crippen LogP contribution in [0.4, 0.5) is 4.39 Å². The SMILES string of the molecule is C[C@@H](NC(=O)/C(C#N)=C/c1c[nH]c2ncc(-c3ccccc3)cc12)c1ccc(F)cc1. The number of hydrogen-bond donors (Lipinski definition) is 2. The smallest absolute Gasteiger partial charge is 0.262 e. The van der Waals surface area contributed by atoms with Gasteiger partial charge < -0.3 is 10.3 Å². The van der Waals surface area contributed by atoms with Crippen LogP contribution in [0.1, 0.15) is 24.1 Å². The molecule has 2 heterocycles. The average molecular weight is 410 g/mol. The molecule has 0 radical (unpaired) electrons. The monoisotopic (exact) mass is 410 g/mol. The molecule has 0 aliphatic heterocycles. The molecular formula is C25H19FN4O. The number of amides is 1. The van der Waals surface area contributed by atoms with Gasteiger partial charge in [0.15, 0.2) is 0 Å². The molecule has 0 aliphatic carbocycles. The molecule has 0 saturated heterocycles. The number of H-pyrrole nitrogens is 1. The molecule has 2 aromatic carbocycles. The van der Waals surface area contributed by atoms with E-state index < -0.39 is 5.91 Å². The van der Waals surface area contributed by atoms with Crippen LogP contribution >= 0.6 is 0 Å². The molecule has 4 rings (SSSR count). The maximum atomic E-state index is 13.1. The molecule has 152 valence electrons. The van der Waals surface area contributed by atoms with E-state index in [1.54, 1.807) is 37.5 Å². The maximum Gasteiger partial charge on any atom is 0.262 e.